The number of aliphatic hydroxyl groups excluding tert-OH is 1. The van der Waals surface area contributed by atoms with Gasteiger partial charge in [-0.15, -0.1) is 0 Å². The summed E-state index contributed by atoms with van der Waals surface area (Å²) < 4.78 is 0. The fourth-order valence-electron chi connectivity index (χ4n) is 3.37. The average molecular weight is 400 g/mol. The Labute approximate surface area is 170 Å². The SMILES string of the molecule is CCNC(=O)c1cccc2c(C[C@@H](C)NC[C@H](O)c3cccc(Cl)c3)c[nH]c12. The number of rotatable bonds is 8. The molecular weight excluding hydrogens is 374 g/mol. The Morgan fingerprint density at radius 3 is 2.79 bits per heavy atom. The molecule has 0 saturated carbocycles. The molecule has 0 aliphatic rings. The van der Waals surface area contributed by atoms with E-state index in [0.717, 1.165) is 28.5 Å². The Morgan fingerprint density at radius 1 is 1.25 bits per heavy atom. The number of aromatic nitrogens is 1. The number of amides is 1. The van der Waals surface area contributed by atoms with Crippen molar-refractivity contribution in [2.24, 2.45) is 0 Å². The summed E-state index contributed by atoms with van der Waals surface area (Å²) in [5, 5.41) is 18.3. The van der Waals surface area contributed by atoms with Gasteiger partial charge in [0.05, 0.1) is 17.2 Å². The summed E-state index contributed by atoms with van der Waals surface area (Å²) in [6.07, 6.45) is 2.12. The number of hydrogen-bond donors (Lipinski definition) is 4. The van der Waals surface area contributed by atoms with E-state index in [0.29, 0.717) is 23.7 Å². The highest BCUT2D eigenvalue weighted by Gasteiger charge is 2.15. The first kappa shape index (κ1) is 20.4. The second-order valence-corrected chi connectivity index (χ2v) is 7.42. The molecule has 28 heavy (non-hydrogen) atoms. The molecule has 5 nitrogen and oxygen atoms in total. The molecule has 0 unspecified atom stereocenters. The molecule has 4 N–H and O–H groups in total. The van der Waals surface area contributed by atoms with Gasteiger partial charge in [0.2, 0.25) is 0 Å². The number of hydrogen-bond acceptors (Lipinski definition) is 3. The molecule has 3 rings (SSSR count). The molecule has 0 radical (unpaired) electrons. The van der Waals surface area contributed by atoms with Crippen molar-refractivity contribution in [3.8, 4) is 0 Å². The number of para-hydroxylation sites is 1. The molecule has 1 aromatic heterocycles. The zero-order chi connectivity index (χ0) is 20.1. The third kappa shape index (κ3) is 4.73. The Hall–Kier alpha value is -2.34. The number of carbonyl (C=O) groups excluding carboxylic acids is 1. The molecule has 2 aromatic carbocycles. The number of carbonyl (C=O) groups is 1. The number of aliphatic hydroxyl groups is 1. The van der Waals surface area contributed by atoms with Crippen LogP contribution < -0.4 is 10.6 Å². The number of aromatic amines is 1. The van der Waals surface area contributed by atoms with Crippen molar-refractivity contribution in [3.63, 3.8) is 0 Å². The topological polar surface area (TPSA) is 77.2 Å². The van der Waals surface area contributed by atoms with Crippen LogP contribution in [0.2, 0.25) is 5.02 Å². The highest BCUT2D eigenvalue weighted by molar-refractivity contribution is 6.30. The molecule has 0 fully saturated rings. The molecular formula is C22H26ClN3O2. The number of nitrogens with one attached hydrogen (secondary N) is 3. The van der Waals surface area contributed by atoms with E-state index in [1.165, 1.54) is 0 Å². The van der Waals surface area contributed by atoms with Crippen LogP contribution in [-0.4, -0.2) is 35.1 Å². The lowest BCUT2D eigenvalue weighted by Gasteiger charge is -2.17. The zero-order valence-electron chi connectivity index (χ0n) is 16.1. The Kier molecular flexibility index (Phi) is 6.73. The van der Waals surface area contributed by atoms with Gasteiger partial charge in [-0.2, -0.15) is 0 Å². The average Bonchev–Trinajstić information content (AvgIpc) is 3.09. The maximum absolute atomic E-state index is 12.2. The van der Waals surface area contributed by atoms with Crippen LogP contribution in [0.4, 0.5) is 0 Å². The first-order valence-corrected chi connectivity index (χ1v) is 9.91. The van der Waals surface area contributed by atoms with Crippen molar-refractivity contribution in [2.75, 3.05) is 13.1 Å². The maximum Gasteiger partial charge on any atom is 0.253 e. The van der Waals surface area contributed by atoms with Crippen LogP contribution in [0.3, 0.4) is 0 Å². The molecule has 0 aliphatic carbocycles. The molecule has 3 aromatic rings. The third-order valence-electron chi connectivity index (χ3n) is 4.80. The van der Waals surface area contributed by atoms with Gasteiger partial charge in [0.1, 0.15) is 0 Å². The first-order valence-electron chi connectivity index (χ1n) is 9.53. The predicted molar refractivity (Wildman–Crippen MR) is 114 cm³/mol. The van der Waals surface area contributed by atoms with Crippen molar-refractivity contribution in [1.29, 1.82) is 0 Å². The molecule has 1 heterocycles. The second-order valence-electron chi connectivity index (χ2n) is 6.99. The summed E-state index contributed by atoms with van der Waals surface area (Å²) in [7, 11) is 0. The number of fused-ring (bicyclic) bond motifs is 1. The van der Waals surface area contributed by atoms with E-state index in [-0.39, 0.29) is 11.9 Å². The largest absolute Gasteiger partial charge is 0.387 e. The van der Waals surface area contributed by atoms with Gasteiger partial charge in [-0.05, 0) is 49.6 Å². The minimum Gasteiger partial charge on any atom is -0.387 e. The minimum absolute atomic E-state index is 0.0719. The molecule has 2 atom stereocenters. The fraction of sp³-hybridized carbons (Fsp3) is 0.318. The summed E-state index contributed by atoms with van der Waals surface area (Å²) in [5.74, 6) is -0.0719. The summed E-state index contributed by atoms with van der Waals surface area (Å²) >= 11 is 5.99. The Morgan fingerprint density at radius 2 is 2.04 bits per heavy atom. The smallest absolute Gasteiger partial charge is 0.253 e. The quantitative estimate of drug-likeness (QED) is 0.465. The lowest BCUT2D eigenvalue weighted by Crippen LogP contribution is -2.32. The molecule has 0 aliphatic heterocycles. The summed E-state index contributed by atoms with van der Waals surface area (Å²) in [6, 6.07) is 13.2. The van der Waals surface area contributed by atoms with Crippen LogP contribution in [0.1, 0.15) is 41.4 Å². The van der Waals surface area contributed by atoms with Crippen LogP contribution in [0, 0.1) is 0 Å². The normalized spacial score (nSPS) is 13.4. The van der Waals surface area contributed by atoms with Crippen molar-refractivity contribution >= 4 is 28.4 Å². The van der Waals surface area contributed by atoms with E-state index in [1.807, 2.05) is 43.5 Å². The summed E-state index contributed by atoms with van der Waals surface area (Å²) in [5.41, 5.74) is 3.45. The molecule has 0 saturated heterocycles. The molecule has 0 spiro atoms. The van der Waals surface area contributed by atoms with Crippen molar-refractivity contribution in [3.05, 3.63) is 70.4 Å². The highest BCUT2D eigenvalue weighted by atomic mass is 35.5. The predicted octanol–water partition coefficient (Wildman–Crippen LogP) is 3.83. The van der Waals surface area contributed by atoms with Gasteiger partial charge in [-0.1, -0.05) is 35.9 Å². The summed E-state index contributed by atoms with van der Waals surface area (Å²) in [6.45, 7) is 5.02. The lowest BCUT2D eigenvalue weighted by molar-refractivity contribution is 0.0957. The molecule has 1 amide bonds. The van der Waals surface area contributed by atoms with Gasteiger partial charge in [0, 0.05) is 35.7 Å². The minimum atomic E-state index is -0.617. The van der Waals surface area contributed by atoms with Crippen molar-refractivity contribution in [1.82, 2.24) is 15.6 Å². The molecule has 6 heteroatoms. The first-order chi connectivity index (χ1) is 13.5. The van der Waals surface area contributed by atoms with E-state index in [1.54, 1.807) is 12.1 Å². The second kappa shape index (κ2) is 9.24. The van der Waals surface area contributed by atoms with E-state index in [4.69, 9.17) is 11.6 Å². The fourth-order valence-corrected chi connectivity index (χ4v) is 3.57. The standard InChI is InChI=1S/C22H26ClN3O2/c1-3-24-22(28)19-9-5-8-18-16(12-26-21(18)19)10-14(2)25-13-20(27)15-6-4-7-17(23)11-15/h4-9,11-12,14,20,25-27H,3,10,13H2,1-2H3,(H,24,28)/t14-,20+/m1/s1. The van der Waals surface area contributed by atoms with Crippen molar-refractivity contribution < 1.29 is 9.90 Å². The van der Waals surface area contributed by atoms with E-state index >= 15 is 0 Å². The number of halogens is 1. The zero-order valence-corrected chi connectivity index (χ0v) is 16.9. The highest BCUT2D eigenvalue weighted by Crippen LogP contribution is 2.23. The maximum atomic E-state index is 12.2. The molecule has 0 bridgehead atoms. The Bertz CT molecular complexity index is 954. The van der Waals surface area contributed by atoms with Gasteiger partial charge in [0.25, 0.3) is 5.91 Å². The number of benzene rings is 2. The lowest BCUT2D eigenvalue weighted by atomic mass is 10.0. The molecule has 148 valence electrons. The number of H-pyrrole nitrogens is 1. The van der Waals surface area contributed by atoms with Gasteiger partial charge in [-0.25, -0.2) is 0 Å². The monoisotopic (exact) mass is 399 g/mol. The third-order valence-corrected chi connectivity index (χ3v) is 5.04. The van der Waals surface area contributed by atoms with Gasteiger partial charge >= 0.3 is 0 Å². The van der Waals surface area contributed by atoms with Crippen LogP contribution in [0.5, 0.6) is 0 Å². The van der Waals surface area contributed by atoms with Crippen LogP contribution in [0.15, 0.2) is 48.7 Å². The van der Waals surface area contributed by atoms with Gasteiger partial charge < -0.3 is 20.7 Å². The van der Waals surface area contributed by atoms with Crippen LogP contribution in [-0.2, 0) is 6.42 Å². The van der Waals surface area contributed by atoms with E-state index < -0.39 is 6.10 Å². The van der Waals surface area contributed by atoms with Crippen LogP contribution >= 0.6 is 11.6 Å². The van der Waals surface area contributed by atoms with Crippen molar-refractivity contribution in [2.45, 2.75) is 32.4 Å². The van der Waals surface area contributed by atoms with Gasteiger partial charge in [-0.3, -0.25) is 4.79 Å². The van der Waals surface area contributed by atoms with Crippen LogP contribution in [0.25, 0.3) is 10.9 Å². The Balaban J connectivity index is 1.65. The van der Waals surface area contributed by atoms with E-state index in [2.05, 4.69) is 22.5 Å². The van der Waals surface area contributed by atoms with E-state index in [9.17, 15) is 9.90 Å². The summed E-state index contributed by atoms with van der Waals surface area (Å²) in [4.78, 5) is 15.5. The van der Waals surface area contributed by atoms with Gasteiger partial charge in [0.15, 0.2) is 0 Å².